The minimum absolute atomic E-state index is 0.219. The van der Waals surface area contributed by atoms with Crippen LogP contribution >= 0.6 is 0 Å². The van der Waals surface area contributed by atoms with E-state index in [-0.39, 0.29) is 5.92 Å². The van der Waals surface area contributed by atoms with Crippen molar-refractivity contribution in [3.05, 3.63) is 23.5 Å². The van der Waals surface area contributed by atoms with Crippen LogP contribution in [0.25, 0.3) is 0 Å². The molecule has 9 heteroatoms. The molecule has 138 valence electrons. The van der Waals surface area contributed by atoms with E-state index in [4.69, 9.17) is 4.52 Å². The Balaban J connectivity index is 1.34. The van der Waals surface area contributed by atoms with E-state index in [1.165, 1.54) is 0 Å². The number of fused-ring (bicyclic) bond motifs is 1. The first kappa shape index (κ1) is 16.7. The largest absolute Gasteiger partial charge is 0.339 e. The number of likely N-dealkylation sites (tertiary alicyclic amines) is 1. The smallest absolute Gasteiger partial charge is 0.315 e. The number of hydrogen-bond acceptors (Lipinski definition) is 6. The number of nitrogens with one attached hydrogen (secondary N) is 1. The fraction of sp³-hybridized carbons (Fsp3) is 0.588. The Morgan fingerprint density at radius 3 is 3.00 bits per heavy atom. The first-order valence-electron chi connectivity index (χ1n) is 9.04. The summed E-state index contributed by atoms with van der Waals surface area (Å²) in [6.45, 7) is 3.75. The first-order valence-corrected chi connectivity index (χ1v) is 9.04. The summed E-state index contributed by atoms with van der Waals surface area (Å²) in [6.07, 6.45) is 4.49. The molecule has 0 aromatic carbocycles. The molecule has 4 heterocycles. The molecule has 0 spiro atoms. The van der Waals surface area contributed by atoms with Crippen molar-refractivity contribution in [2.75, 3.05) is 18.4 Å². The number of aromatic nitrogens is 4. The lowest BCUT2D eigenvalue weighted by molar-refractivity contribution is -0.144. The Morgan fingerprint density at radius 1 is 1.35 bits per heavy atom. The van der Waals surface area contributed by atoms with Crippen LogP contribution in [0.3, 0.4) is 0 Å². The van der Waals surface area contributed by atoms with Gasteiger partial charge in [0.2, 0.25) is 5.89 Å². The standard InChI is InChI=1S/C17H22N6O3/c1-11-18-15(26-21-11)8-12-4-2-6-22(10-12)17(25)16(24)19-14-9-13-5-3-7-23(13)20-14/h9,12H,2-8,10H2,1H3,(H,19,20,24). The topological polar surface area (TPSA) is 106 Å². The zero-order valence-corrected chi connectivity index (χ0v) is 14.8. The Kier molecular flexibility index (Phi) is 4.44. The summed E-state index contributed by atoms with van der Waals surface area (Å²) in [5.74, 6) is 0.721. The van der Waals surface area contributed by atoms with E-state index in [9.17, 15) is 9.59 Å². The number of hydrogen-bond donors (Lipinski definition) is 1. The molecule has 2 aromatic rings. The second kappa shape index (κ2) is 6.89. The Bertz CT molecular complexity index is 805. The third-order valence-corrected chi connectivity index (χ3v) is 4.94. The molecule has 2 aliphatic rings. The molecule has 2 aliphatic heterocycles. The molecule has 2 aromatic heterocycles. The van der Waals surface area contributed by atoms with E-state index in [0.29, 0.717) is 37.0 Å². The Hall–Kier alpha value is -2.71. The molecule has 2 amide bonds. The van der Waals surface area contributed by atoms with Crippen molar-refractivity contribution in [1.29, 1.82) is 0 Å². The van der Waals surface area contributed by atoms with Gasteiger partial charge >= 0.3 is 11.8 Å². The molecule has 1 N–H and O–H groups in total. The van der Waals surface area contributed by atoms with Gasteiger partial charge in [-0.1, -0.05) is 5.16 Å². The predicted octanol–water partition coefficient (Wildman–Crippen LogP) is 0.941. The van der Waals surface area contributed by atoms with Crippen molar-refractivity contribution in [2.45, 2.75) is 45.6 Å². The van der Waals surface area contributed by atoms with E-state index in [0.717, 1.165) is 37.9 Å². The average Bonchev–Trinajstić information content (AvgIpc) is 3.31. The van der Waals surface area contributed by atoms with Crippen LogP contribution in [0.1, 0.15) is 36.7 Å². The highest BCUT2D eigenvalue weighted by molar-refractivity contribution is 6.39. The van der Waals surface area contributed by atoms with Gasteiger partial charge in [0.05, 0.1) is 0 Å². The highest BCUT2D eigenvalue weighted by Gasteiger charge is 2.29. The van der Waals surface area contributed by atoms with Crippen LogP contribution in [0, 0.1) is 12.8 Å². The summed E-state index contributed by atoms with van der Waals surface area (Å²) in [4.78, 5) is 30.6. The minimum Gasteiger partial charge on any atom is -0.339 e. The highest BCUT2D eigenvalue weighted by Crippen LogP contribution is 2.21. The quantitative estimate of drug-likeness (QED) is 0.819. The van der Waals surface area contributed by atoms with Crippen LogP contribution in [-0.2, 0) is 29.0 Å². The van der Waals surface area contributed by atoms with Crippen LogP contribution in [-0.4, -0.2) is 49.7 Å². The zero-order chi connectivity index (χ0) is 18.1. The molecular weight excluding hydrogens is 336 g/mol. The molecule has 1 saturated heterocycles. The van der Waals surface area contributed by atoms with Gasteiger partial charge in [-0.15, -0.1) is 0 Å². The van der Waals surface area contributed by atoms with Crippen molar-refractivity contribution in [3.63, 3.8) is 0 Å². The van der Waals surface area contributed by atoms with E-state index < -0.39 is 11.8 Å². The number of carbonyl (C=O) groups is 2. The van der Waals surface area contributed by atoms with E-state index in [1.54, 1.807) is 11.8 Å². The molecule has 0 radical (unpaired) electrons. The fourth-order valence-electron chi connectivity index (χ4n) is 3.72. The first-order chi connectivity index (χ1) is 12.6. The van der Waals surface area contributed by atoms with Crippen LogP contribution in [0.4, 0.5) is 5.82 Å². The van der Waals surface area contributed by atoms with Crippen molar-refractivity contribution in [1.82, 2.24) is 24.8 Å². The van der Waals surface area contributed by atoms with Crippen molar-refractivity contribution < 1.29 is 14.1 Å². The summed E-state index contributed by atoms with van der Waals surface area (Å²) < 4.78 is 7.04. The molecule has 9 nitrogen and oxygen atoms in total. The van der Waals surface area contributed by atoms with Gasteiger partial charge in [0, 0.05) is 37.8 Å². The van der Waals surface area contributed by atoms with Gasteiger partial charge in [0.15, 0.2) is 11.6 Å². The number of carbonyl (C=O) groups excluding carboxylic acids is 2. The van der Waals surface area contributed by atoms with Gasteiger partial charge in [0.25, 0.3) is 0 Å². The molecule has 1 unspecified atom stereocenters. The lowest BCUT2D eigenvalue weighted by Gasteiger charge is -2.31. The molecule has 0 aliphatic carbocycles. The van der Waals surface area contributed by atoms with Crippen molar-refractivity contribution in [3.8, 4) is 0 Å². The number of anilines is 1. The fourth-order valence-corrected chi connectivity index (χ4v) is 3.72. The number of amides is 2. The van der Waals surface area contributed by atoms with E-state index in [2.05, 4.69) is 20.6 Å². The molecule has 4 rings (SSSR count). The summed E-state index contributed by atoms with van der Waals surface area (Å²) in [7, 11) is 0. The summed E-state index contributed by atoms with van der Waals surface area (Å²) in [6, 6.07) is 1.84. The minimum atomic E-state index is -0.629. The van der Waals surface area contributed by atoms with Crippen LogP contribution in [0.2, 0.25) is 0 Å². The molecule has 1 fully saturated rings. The average molecular weight is 358 g/mol. The maximum atomic E-state index is 12.5. The molecular formula is C17H22N6O3. The highest BCUT2D eigenvalue weighted by atomic mass is 16.5. The second-order valence-corrected chi connectivity index (χ2v) is 7.00. The monoisotopic (exact) mass is 358 g/mol. The van der Waals surface area contributed by atoms with E-state index >= 15 is 0 Å². The van der Waals surface area contributed by atoms with Gasteiger partial charge in [0.1, 0.15) is 0 Å². The number of nitrogens with zero attached hydrogens (tertiary/aromatic N) is 5. The normalized spacial score (nSPS) is 19.4. The van der Waals surface area contributed by atoms with Gasteiger partial charge in [-0.2, -0.15) is 10.1 Å². The molecule has 0 bridgehead atoms. The molecule has 26 heavy (non-hydrogen) atoms. The number of aryl methyl sites for hydroxylation is 3. The van der Waals surface area contributed by atoms with E-state index in [1.807, 2.05) is 10.7 Å². The maximum Gasteiger partial charge on any atom is 0.315 e. The maximum absolute atomic E-state index is 12.5. The third kappa shape index (κ3) is 3.47. The Morgan fingerprint density at radius 2 is 2.23 bits per heavy atom. The third-order valence-electron chi connectivity index (χ3n) is 4.94. The van der Waals surface area contributed by atoms with Gasteiger partial charge in [-0.3, -0.25) is 14.3 Å². The second-order valence-electron chi connectivity index (χ2n) is 7.00. The Labute approximate surface area is 150 Å². The summed E-state index contributed by atoms with van der Waals surface area (Å²) in [5.41, 5.74) is 1.10. The number of rotatable bonds is 3. The van der Waals surface area contributed by atoms with Gasteiger partial charge in [-0.25, -0.2) is 0 Å². The van der Waals surface area contributed by atoms with Crippen LogP contribution in [0.5, 0.6) is 0 Å². The number of piperidine rings is 1. The molecule has 1 atom stereocenters. The van der Waals surface area contributed by atoms with Gasteiger partial charge in [-0.05, 0) is 38.5 Å². The molecule has 0 saturated carbocycles. The summed E-state index contributed by atoms with van der Waals surface area (Å²) in [5, 5.41) is 10.7. The van der Waals surface area contributed by atoms with Gasteiger partial charge < -0.3 is 14.7 Å². The summed E-state index contributed by atoms with van der Waals surface area (Å²) >= 11 is 0. The lowest BCUT2D eigenvalue weighted by Crippen LogP contribution is -2.45. The predicted molar refractivity (Wildman–Crippen MR) is 91.2 cm³/mol. The lowest BCUT2D eigenvalue weighted by atomic mass is 9.94. The van der Waals surface area contributed by atoms with Crippen molar-refractivity contribution >= 4 is 17.6 Å². The SMILES string of the molecule is Cc1noc(CC2CCCN(C(=O)C(=O)Nc3cc4n(n3)CCC4)C2)n1. The van der Waals surface area contributed by atoms with Crippen LogP contribution < -0.4 is 5.32 Å². The zero-order valence-electron chi connectivity index (χ0n) is 14.8. The van der Waals surface area contributed by atoms with Crippen LogP contribution in [0.15, 0.2) is 10.6 Å². The van der Waals surface area contributed by atoms with Crippen molar-refractivity contribution in [2.24, 2.45) is 5.92 Å².